The number of carbonyl (C=O) groups excluding carboxylic acids is 1. The van der Waals surface area contributed by atoms with Gasteiger partial charge in [-0.05, 0) is 38.5 Å². The van der Waals surface area contributed by atoms with Crippen molar-refractivity contribution in [3.05, 3.63) is 64.7 Å². The molecule has 1 amide bonds. The summed E-state index contributed by atoms with van der Waals surface area (Å²) in [7, 11) is 1.47. The molecule has 0 radical (unpaired) electrons. The van der Waals surface area contributed by atoms with E-state index >= 15 is 0 Å². The summed E-state index contributed by atoms with van der Waals surface area (Å²) in [6.45, 7) is 5.58. The minimum absolute atomic E-state index is 0.175. The van der Waals surface area contributed by atoms with Crippen molar-refractivity contribution >= 4 is 17.8 Å². The van der Waals surface area contributed by atoms with Gasteiger partial charge in [0.05, 0.1) is 11.4 Å². The number of amides is 1. The number of primary amides is 1. The predicted octanol–water partition coefficient (Wildman–Crippen LogP) is 4.31. The number of alkyl halides is 3. The lowest BCUT2D eigenvalue weighted by Crippen LogP contribution is -2.17. The zero-order chi connectivity index (χ0) is 23.4. The zero-order valence-corrected chi connectivity index (χ0v) is 17.6. The monoisotopic (exact) mass is 439 g/mol. The van der Waals surface area contributed by atoms with Gasteiger partial charge >= 0.3 is 6.36 Å². The average molecular weight is 439 g/mol. The molecule has 31 heavy (non-hydrogen) atoms. The quantitative estimate of drug-likeness (QED) is 0.395. The molecule has 0 aliphatic heterocycles. The molecule has 0 saturated carbocycles. The highest BCUT2D eigenvalue weighted by Gasteiger charge is 2.31. The molecule has 0 fully saturated rings. The van der Waals surface area contributed by atoms with Gasteiger partial charge in [-0.3, -0.25) is 4.79 Å². The summed E-state index contributed by atoms with van der Waals surface area (Å²) in [5.74, 6) is -0.313. The largest absolute Gasteiger partial charge is 0.573 e. The number of carbonyl (C=O) groups is 1. The molecule has 2 N–H and O–H groups in total. The summed E-state index contributed by atoms with van der Waals surface area (Å²) < 4.78 is 41.0. The number of oxime groups is 2. The maximum absolute atomic E-state index is 12.4. The van der Waals surface area contributed by atoms with Crippen LogP contribution in [0.3, 0.4) is 0 Å². The van der Waals surface area contributed by atoms with Crippen molar-refractivity contribution in [1.29, 1.82) is 0 Å². The van der Waals surface area contributed by atoms with Gasteiger partial charge in [0.1, 0.15) is 19.5 Å². The molecule has 0 atom stereocenters. The van der Waals surface area contributed by atoms with Crippen LogP contribution in [0.2, 0.25) is 0 Å². The number of nitrogens with zero attached hydrogens (tertiary/aromatic N) is 2. The molecule has 2 rings (SSSR count). The summed E-state index contributed by atoms with van der Waals surface area (Å²) in [5, 5.41) is 7.97. The second kappa shape index (κ2) is 12.2. The van der Waals surface area contributed by atoms with Crippen LogP contribution >= 0.6 is 0 Å². The number of halogens is 3. The van der Waals surface area contributed by atoms with E-state index in [0.717, 1.165) is 16.7 Å². The number of rotatable bonds is 7. The van der Waals surface area contributed by atoms with Gasteiger partial charge in [0, 0.05) is 16.7 Å². The minimum atomic E-state index is -4.75. The average Bonchev–Trinajstić information content (AvgIpc) is 2.68. The highest BCUT2D eigenvalue weighted by molar-refractivity contribution is 6.00. The van der Waals surface area contributed by atoms with Crippen molar-refractivity contribution in [2.75, 3.05) is 7.11 Å². The van der Waals surface area contributed by atoms with Gasteiger partial charge in [0.2, 0.25) is 6.41 Å². The van der Waals surface area contributed by atoms with E-state index in [9.17, 15) is 13.2 Å². The summed E-state index contributed by atoms with van der Waals surface area (Å²) in [5.41, 5.74) is 8.51. The lowest BCUT2D eigenvalue weighted by molar-refractivity contribution is -0.274. The second-order valence-corrected chi connectivity index (χ2v) is 6.12. The first-order valence-electron chi connectivity index (χ1n) is 8.97. The van der Waals surface area contributed by atoms with Crippen molar-refractivity contribution < 1.29 is 32.4 Å². The second-order valence-electron chi connectivity index (χ2n) is 6.12. The SMILES string of the molecule is CO/N=C(/C)c1cccc(C)c1CO/N=C(\C)c1cccc(OC(F)(F)F)c1.NC=O. The minimum Gasteiger partial charge on any atom is -0.406 e. The number of hydrogen-bond donors (Lipinski definition) is 1. The normalized spacial score (nSPS) is 11.8. The van der Waals surface area contributed by atoms with Crippen molar-refractivity contribution in [2.45, 2.75) is 33.7 Å². The van der Waals surface area contributed by atoms with Gasteiger partial charge in [-0.25, -0.2) is 0 Å². The van der Waals surface area contributed by atoms with Crippen molar-refractivity contribution in [1.82, 2.24) is 0 Å². The van der Waals surface area contributed by atoms with E-state index in [1.54, 1.807) is 13.0 Å². The molecule has 7 nitrogen and oxygen atoms in total. The Morgan fingerprint density at radius 1 is 1.10 bits per heavy atom. The fraction of sp³-hybridized carbons (Fsp3) is 0.286. The van der Waals surface area contributed by atoms with Crippen LogP contribution in [-0.2, 0) is 21.1 Å². The van der Waals surface area contributed by atoms with Gasteiger partial charge in [0.15, 0.2) is 0 Å². The molecular weight excluding hydrogens is 415 g/mol. The number of aryl methyl sites for hydroxylation is 1. The lowest BCUT2D eigenvalue weighted by atomic mass is 10.00. The Balaban J connectivity index is 0.00000151. The molecule has 0 spiro atoms. The molecular formula is C21H24F3N3O4. The van der Waals surface area contributed by atoms with E-state index in [-0.39, 0.29) is 18.8 Å². The van der Waals surface area contributed by atoms with Gasteiger partial charge in [-0.1, -0.05) is 40.6 Å². The smallest absolute Gasteiger partial charge is 0.406 e. The van der Waals surface area contributed by atoms with Crippen molar-refractivity contribution in [2.24, 2.45) is 16.0 Å². The fourth-order valence-corrected chi connectivity index (χ4v) is 2.58. The number of nitrogens with two attached hydrogens (primary N) is 1. The Morgan fingerprint density at radius 2 is 1.74 bits per heavy atom. The molecule has 0 unspecified atom stereocenters. The molecule has 0 aliphatic carbocycles. The molecule has 168 valence electrons. The van der Waals surface area contributed by atoms with Crippen LogP contribution in [-0.4, -0.2) is 31.3 Å². The first-order valence-corrected chi connectivity index (χ1v) is 8.97. The molecule has 0 heterocycles. The molecule has 0 aromatic heterocycles. The van der Waals surface area contributed by atoms with E-state index in [4.69, 9.17) is 14.5 Å². The third kappa shape index (κ3) is 8.77. The Morgan fingerprint density at radius 3 is 2.35 bits per heavy atom. The van der Waals surface area contributed by atoms with Gasteiger partial charge in [-0.15, -0.1) is 13.2 Å². The van der Waals surface area contributed by atoms with E-state index in [0.29, 0.717) is 17.0 Å². The number of ether oxygens (including phenoxy) is 1. The van der Waals surface area contributed by atoms with Gasteiger partial charge in [0.25, 0.3) is 0 Å². The van der Waals surface area contributed by atoms with Gasteiger partial charge < -0.3 is 20.1 Å². The Kier molecular flexibility index (Phi) is 10.0. The standard InChI is InChI=1S/C20H21F3N2O3.CH3NO/c1-13-7-5-10-18(15(3)24-26-4)19(13)12-27-25-14(2)16-8-6-9-17(11-16)28-20(21,22)23;2-1-3/h5-11H,12H2,1-4H3;1H,(H2,2,3)/b24-15-,25-14+;. The van der Waals surface area contributed by atoms with Crippen LogP contribution < -0.4 is 10.5 Å². The van der Waals surface area contributed by atoms with Crippen LogP contribution in [0.5, 0.6) is 5.75 Å². The van der Waals surface area contributed by atoms with Crippen LogP contribution in [0.15, 0.2) is 52.8 Å². The van der Waals surface area contributed by atoms with E-state index in [1.165, 1.54) is 25.3 Å². The van der Waals surface area contributed by atoms with Crippen LogP contribution in [0, 0.1) is 6.92 Å². The molecule has 0 aliphatic rings. The van der Waals surface area contributed by atoms with E-state index < -0.39 is 6.36 Å². The maximum atomic E-state index is 12.4. The summed E-state index contributed by atoms with van der Waals surface area (Å²) >= 11 is 0. The topological polar surface area (TPSA) is 95.5 Å². The first kappa shape index (κ1) is 25.5. The molecule has 2 aromatic rings. The highest BCUT2D eigenvalue weighted by Crippen LogP contribution is 2.24. The zero-order valence-electron chi connectivity index (χ0n) is 17.6. The predicted molar refractivity (Wildman–Crippen MR) is 111 cm³/mol. The molecule has 10 heteroatoms. The van der Waals surface area contributed by atoms with Crippen LogP contribution in [0.4, 0.5) is 13.2 Å². The molecule has 0 bridgehead atoms. The Hall–Kier alpha value is -3.56. The summed E-state index contributed by atoms with van der Waals surface area (Å²) in [6.07, 6.45) is -4.50. The number of benzene rings is 2. The van der Waals surface area contributed by atoms with Crippen molar-refractivity contribution in [3.63, 3.8) is 0 Å². The highest BCUT2D eigenvalue weighted by atomic mass is 19.4. The van der Waals surface area contributed by atoms with E-state index in [2.05, 4.69) is 20.8 Å². The maximum Gasteiger partial charge on any atom is 0.573 e. The van der Waals surface area contributed by atoms with E-state index in [1.807, 2.05) is 32.0 Å². The number of hydrogen-bond acceptors (Lipinski definition) is 6. The Labute approximate surface area is 178 Å². The first-order chi connectivity index (χ1) is 14.6. The third-order valence-corrected chi connectivity index (χ3v) is 3.92. The molecule has 2 aromatic carbocycles. The van der Waals surface area contributed by atoms with Crippen molar-refractivity contribution in [3.8, 4) is 5.75 Å². The van der Waals surface area contributed by atoms with Gasteiger partial charge in [-0.2, -0.15) is 0 Å². The van der Waals surface area contributed by atoms with Crippen LogP contribution in [0.1, 0.15) is 36.1 Å². The Bertz CT molecular complexity index is 928. The van der Waals surface area contributed by atoms with Crippen LogP contribution in [0.25, 0.3) is 0 Å². The fourth-order valence-electron chi connectivity index (χ4n) is 2.58. The lowest BCUT2D eigenvalue weighted by Gasteiger charge is -2.12. The molecule has 0 saturated heterocycles. The third-order valence-electron chi connectivity index (χ3n) is 3.92. The summed E-state index contributed by atoms with van der Waals surface area (Å²) in [6, 6.07) is 11.3. The summed E-state index contributed by atoms with van der Waals surface area (Å²) in [4.78, 5) is 18.9.